The SMILES string of the molecule is c1ccc(-c2nc(-c3cccc4c3oc3ccccc34)nc(-c3cccc4oc5ccc(-c6cccc7sc8cc(-c9ccc%10c(c9)sc9ccccc9%10)ccc8c67)cc5c34)n2)cc1. The molecule has 5 aromatic heterocycles. The van der Waals surface area contributed by atoms with E-state index in [-0.39, 0.29) is 0 Å². The molecule has 0 spiro atoms. The predicted molar refractivity (Wildman–Crippen MR) is 267 cm³/mol. The normalized spacial score (nSPS) is 12.1. The number of thiophene rings is 2. The van der Waals surface area contributed by atoms with E-state index >= 15 is 0 Å². The van der Waals surface area contributed by atoms with Crippen LogP contribution >= 0.6 is 22.7 Å². The lowest BCUT2D eigenvalue weighted by Gasteiger charge is -2.10. The number of fused-ring (bicyclic) bond motifs is 12. The Balaban J connectivity index is 0.920. The number of para-hydroxylation sites is 2. The van der Waals surface area contributed by atoms with Crippen molar-refractivity contribution < 1.29 is 8.83 Å². The molecular weight excluding hydrogens is 823 g/mol. The van der Waals surface area contributed by atoms with Crippen molar-refractivity contribution in [3.8, 4) is 56.4 Å². The van der Waals surface area contributed by atoms with Crippen molar-refractivity contribution in [3.05, 3.63) is 188 Å². The van der Waals surface area contributed by atoms with Gasteiger partial charge < -0.3 is 8.83 Å². The lowest BCUT2D eigenvalue weighted by Crippen LogP contribution is -2.00. The predicted octanol–water partition coefficient (Wildman–Crippen LogP) is 16.7. The van der Waals surface area contributed by atoms with Gasteiger partial charge in [0.15, 0.2) is 17.5 Å². The van der Waals surface area contributed by atoms with Crippen molar-refractivity contribution in [2.75, 3.05) is 0 Å². The highest BCUT2D eigenvalue weighted by Gasteiger charge is 2.21. The van der Waals surface area contributed by atoms with Crippen molar-refractivity contribution in [1.29, 1.82) is 0 Å². The first-order valence-corrected chi connectivity index (χ1v) is 22.9. The summed E-state index contributed by atoms with van der Waals surface area (Å²) in [6, 6.07) is 66.2. The van der Waals surface area contributed by atoms with Crippen molar-refractivity contribution in [2.45, 2.75) is 0 Å². The van der Waals surface area contributed by atoms with Gasteiger partial charge in [0, 0.05) is 73.0 Å². The molecule has 298 valence electrons. The zero-order chi connectivity index (χ0) is 41.9. The van der Waals surface area contributed by atoms with Gasteiger partial charge in [-0.3, -0.25) is 0 Å². The van der Waals surface area contributed by atoms with Crippen molar-refractivity contribution >= 4 is 107 Å². The molecule has 5 heterocycles. The lowest BCUT2D eigenvalue weighted by molar-refractivity contribution is 0.668. The molecule has 5 nitrogen and oxygen atoms in total. The molecule has 0 N–H and O–H groups in total. The van der Waals surface area contributed by atoms with Crippen LogP contribution in [0.2, 0.25) is 0 Å². The van der Waals surface area contributed by atoms with Gasteiger partial charge in [0.25, 0.3) is 0 Å². The Bertz CT molecular complexity index is 4220. The van der Waals surface area contributed by atoms with Crippen molar-refractivity contribution in [2.24, 2.45) is 0 Å². The summed E-state index contributed by atoms with van der Waals surface area (Å²) in [7, 11) is 0. The minimum atomic E-state index is 0.541. The summed E-state index contributed by atoms with van der Waals surface area (Å²) < 4.78 is 18.2. The van der Waals surface area contributed by atoms with Gasteiger partial charge in [-0.05, 0) is 76.9 Å². The molecule has 9 aromatic carbocycles. The summed E-state index contributed by atoms with van der Waals surface area (Å²) >= 11 is 3.71. The molecule has 0 fully saturated rings. The van der Waals surface area contributed by atoms with Gasteiger partial charge in [-0.2, -0.15) is 0 Å². The van der Waals surface area contributed by atoms with Crippen LogP contribution in [0.25, 0.3) is 141 Å². The molecule has 7 heteroatoms. The second-order valence-electron chi connectivity index (χ2n) is 16.2. The lowest BCUT2D eigenvalue weighted by atomic mass is 9.96. The van der Waals surface area contributed by atoms with E-state index in [1.807, 2.05) is 95.5 Å². The average Bonchev–Trinajstić information content (AvgIpc) is 4.13. The third kappa shape index (κ3) is 5.45. The number of furan rings is 2. The van der Waals surface area contributed by atoms with Crippen LogP contribution in [-0.4, -0.2) is 15.0 Å². The Morgan fingerprint density at radius 3 is 1.78 bits per heavy atom. The maximum Gasteiger partial charge on any atom is 0.167 e. The minimum absolute atomic E-state index is 0.541. The van der Waals surface area contributed by atoms with Crippen LogP contribution in [0.1, 0.15) is 0 Å². The fourth-order valence-electron chi connectivity index (χ4n) is 9.59. The summed E-state index contributed by atoms with van der Waals surface area (Å²) in [6.07, 6.45) is 0. The largest absolute Gasteiger partial charge is 0.456 e. The Kier molecular flexibility index (Phi) is 7.66. The molecule has 0 aliphatic rings. The van der Waals surface area contributed by atoms with Gasteiger partial charge in [-0.15, -0.1) is 22.7 Å². The van der Waals surface area contributed by atoms with E-state index in [1.165, 1.54) is 57.0 Å². The second kappa shape index (κ2) is 13.8. The van der Waals surface area contributed by atoms with Crippen molar-refractivity contribution in [3.63, 3.8) is 0 Å². The molecule has 0 aliphatic heterocycles. The van der Waals surface area contributed by atoms with Crippen LogP contribution < -0.4 is 0 Å². The summed E-state index contributed by atoms with van der Waals surface area (Å²) in [4.78, 5) is 15.5. The number of rotatable bonds is 5. The molecule has 0 amide bonds. The average molecular weight is 854 g/mol. The highest BCUT2D eigenvalue weighted by atomic mass is 32.1. The van der Waals surface area contributed by atoms with Gasteiger partial charge in [-0.25, -0.2) is 15.0 Å². The topological polar surface area (TPSA) is 65.0 Å². The molecular formula is C57H31N3O2S2. The Labute approximate surface area is 373 Å². The summed E-state index contributed by atoms with van der Waals surface area (Å²) in [5.74, 6) is 1.68. The van der Waals surface area contributed by atoms with Crippen molar-refractivity contribution in [1.82, 2.24) is 15.0 Å². The second-order valence-corrected chi connectivity index (χ2v) is 18.4. The van der Waals surface area contributed by atoms with E-state index < -0.39 is 0 Å². The minimum Gasteiger partial charge on any atom is -0.456 e. The standard InChI is InChI=1S/C57H31N3O2S2/c1-2-11-32(12-3-1)55-58-56(60-57(59-55)43-18-8-16-40-37-13-4-6-19-45(37)62-54(40)43)42-17-9-20-47-52(42)44-29-35(25-28-46(44)61-47)36-15-10-22-49-53(36)41-27-24-34(31-51(41)64-49)33-23-26-39-38-14-5-7-21-48(38)63-50(39)30-33/h1-31H. The number of nitrogens with zero attached hydrogens (tertiary/aromatic N) is 3. The number of hydrogen-bond donors (Lipinski definition) is 0. The van der Waals surface area contributed by atoms with Gasteiger partial charge in [0.1, 0.15) is 22.3 Å². The molecule has 0 unspecified atom stereocenters. The van der Waals surface area contributed by atoms with E-state index in [1.54, 1.807) is 0 Å². The molecule has 64 heavy (non-hydrogen) atoms. The van der Waals surface area contributed by atoms with E-state index in [0.717, 1.165) is 66.1 Å². The highest BCUT2D eigenvalue weighted by Crippen LogP contribution is 2.45. The Morgan fingerprint density at radius 2 is 0.891 bits per heavy atom. The molecule has 0 radical (unpaired) electrons. The molecule has 0 aliphatic carbocycles. The molecule has 0 saturated carbocycles. The smallest absolute Gasteiger partial charge is 0.167 e. The zero-order valence-electron chi connectivity index (χ0n) is 33.9. The first kappa shape index (κ1) is 35.6. The molecule has 0 saturated heterocycles. The Morgan fingerprint density at radius 1 is 0.297 bits per heavy atom. The maximum absolute atomic E-state index is 6.58. The van der Waals surface area contributed by atoms with E-state index in [0.29, 0.717) is 17.5 Å². The number of aromatic nitrogens is 3. The summed E-state index contributed by atoms with van der Waals surface area (Å²) in [5, 5.41) is 9.19. The van der Waals surface area contributed by atoms with Crippen LogP contribution in [0, 0.1) is 0 Å². The van der Waals surface area contributed by atoms with Gasteiger partial charge in [0.05, 0.1) is 5.56 Å². The quantitative estimate of drug-likeness (QED) is 0.173. The summed E-state index contributed by atoms with van der Waals surface area (Å²) in [5.41, 5.74) is 10.5. The number of benzene rings is 9. The third-order valence-corrected chi connectivity index (χ3v) is 14.8. The van der Waals surface area contributed by atoms with Gasteiger partial charge in [-0.1, -0.05) is 133 Å². The first-order valence-electron chi connectivity index (χ1n) is 21.2. The van der Waals surface area contributed by atoms with Gasteiger partial charge in [0.2, 0.25) is 0 Å². The summed E-state index contributed by atoms with van der Waals surface area (Å²) in [6.45, 7) is 0. The molecule has 14 rings (SSSR count). The van der Waals surface area contributed by atoms with E-state index in [2.05, 4.69) is 115 Å². The fraction of sp³-hybridized carbons (Fsp3) is 0. The van der Waals surface area contributed by atoms with E-state index in [4.69, 9.17) is 23.8 Å². The van der Waals surface area contributed by atoms with Gasteiger partial charge >= 0.3 is 0 Å². The first-order chi connectivity index (χ1) is 31.7. The van der Waals surface area contributed by atoms with E-state index in [9.17, 15) is 0 Å². The van der Waals surface area contributed by atoms with Crippen LogP contribution in [-0.2, 0) is 0 Å². The highest BCUT2D eigenvalue weighted by molar-refractivity contribution is 7.26. The zero-order valence-corrected chi connectivity index (χ0v) is 35.5. The Hall–Kier alpha value is -7.97. The molecule has 0 atom stereocenters. The monoisotopic (exact) mass is 853 g/mol. The molecule has 0 bridgehead atoms. The van der Waals surface area contributed by atoms with Crippen LogP contribution in [0.15, 0.2) is 197 Å². The third-order valence-electron chi connectivity index (χ3n) is 12.6. The van der Waals surface area contributed by atoms with Crippen LogP contribution in [0.4, 0.5) is 0 Å². The fourth-order valence-corrected chi connectivity index (χ4v) is 11.9. The molecule has 14 aromatic rings. The van der Waals surface area contributed by atoms with Crippen LogP contribution in [0.3, 0.4) is 0 Å². The maximum atomic E-state index is 6.58. The van der Waals surface area contributed by atoms with Crippen LogP contribution in [0.5, 0.6) is 0 Å². The number of hydrogen-bond acceptors (Lipinski definition) is 7.